The van der Waals surface area contributed by atoms with Gasteiger partial charge in [-0.25, -0.2) is 0 Å². The van der Waals surface area contributed by atoms with Gasteiger partial charge >= 0.3 is 0 Å². The van der Waals surface area contributed by atoms with Gasteiger partial charge in [-0.15, -0.1) is 0 Å². The summed E-state index contributed by atoms with van der Waals surface area (Å²) in [6, 6.07) is 0. The minimum atomic E-state index is -0.107. The molecular weight excluding hydrogens is 400 g/mol. The Balaban J connectivity index is 3.94. The van der Waals surface area contributed by atoms with Gasteiger partial charge in [-0.05, 0) is 102 Å². The van der Waals surface area contributed by atoms with E-state index in [1.165, 1.54) is 89.9 Å². The van der Waals surface area contributed by atoms with Gasteiger partial charge in [-0.1, -0.05) is 95.1 Å². The fraction of sp³-hybridized carbons (Fsp3) is 0.750. The first-order valence-corrected chi connectivity index (χ1v) is 14.5. The van der Waals surface area contributed by atoms with Crippen molar-refractivity contribution in [3.8, 4) is 0 Å². The van der Waals surface area contributed by atoms with E-state index in [-0.39, 0.29) is 6.10 Å². The minimum Gasteiger partial charge on any atom is -0.393 e. The fourth-order valence-electron chi connectivity index (χ4n) is 4.13. The van der Waals surface area contributed by atoms with Gasteiger partial charge < -0.3 is 5.11 Å². The fourth-order valence-corrected chi connectivity index (χ4v) is 4.13. The zero-order valence-electron chi connectivity index (χ0n) is 22.7. The van der Waals surface area contributed by atoms with Crippen LogP contribution in [0.25, 0.3) is 0 Å². The summed E-state index contributed by atoms with van der Waals surface area (Å²) < 4.78 is 0. The van der Waals surface area contributed by atoms with E-state index in [9.17, 15) is 5.11 Å². The van der Waals surface area contributed by atoms with Gasteiger partial charge in [0.05, 0.1) is 6.10 Å². The maximum Gasteiger partial charge on any atom is 0.0540 e. The quantitative estimate of drug-likeness (QED) is 0.113. The monoisotopic (exact) mass is 458 g/mol. The molecule has 0 spiro atoms. The van der Waals surface area contributed by atoms with Gasteiger partial charge in [0.1, 0.15) is 0 Å². The molecule has 0 amide bonds. The molecule has 0 aliphatic heterocycles. The summed E-state index contributed by atoms with van der Waals surface area (Å²) in [6.07, 6.45) is 41.4. The second-order valence-electron chi connectivity index (χ2n) is 9.72. The molecule has 1 N–H and O–H groups in total. The Morgan fingerprint density at radius 1 is 0.424 bits per heavy atom. The molecule has 0 fully saturated rings. The summed E-state index contributed by atoms with van der Waals surface area (Å²) in [5.74, 6) is 0.839. The molecule has 0 aromatic carbocycles. The third-order valence-electron chi connectivity index (χ3n) is 6.32. The summed E-state index contributed by atoms with van der Waals surface area (Å²) >= 11 is 0. The number of aliphatic hydroxyl groups excluding tert-OH is 1. The van der Waals surface area contributed by atoms with E-state index in [4.69, 9.17) is 0 Å². The summed E-state index contributed by atoms with van der Waals surface area (Å²) in [6.45, 7) is 6.71. The average molecular weight is 459 g/mol. The lowest BCUT2D eigenvalue weighted by atomic mass is 9.92. The van der Waals surface area contributed by atoms with Crippen molar-refractivity contribution in [3.63, 3.8) is 0 Å². The first-order chi connectivity index (χ1) is 16.2. The minimum absolute atomic E-state index is 0.107. The Morgan fingerprint density at radius 3 is 1.24 bits per heavy atom. The molecule has 0 bridgehead atoms. The van der Waals surface area contributed by atoms with Gasteiger partial charge in [0.25, 0.3) is 0 Å². The van der Waals surface area contributed by atoms with E-state index in [0.29, 0.717) is 0 Å². The molecule has 0 aliphatic carbocycles. The first-order valence-electron chi connectivity index (χ1n) is 14.5. The molecular formula is C32H58O. The summed E-state index contributed by atoms with van der Waals surface area (Å²) in [5.41, 5.74) is 0. The molecule has 1 unspecified atom stereocenters. The normalized spacial score (nSPS) is 14.4. The lowest BCUT2D eigenvalue weighted by molar-refractivity contribution is 0.149. The molecule has 0 rings (SSSR count). The zero-order valence-corrected chi connectivity index (χ0v) is 22.7. The summed E-state index contributed by atoms with van der Waals surface area (Å²) in [4.78, 5) is 0. The van der Waals surface area contributed by atoms with E-state index in [0.717, 1.165) is 38.0 Å². The van der Waals surface area contributed by atoms with Crippen molar-refractivity contribution in [2.75, 3.05) is 0 Å². The molecule has 0 aromatic heterocycles. The molecule has 33 heavy (non-hydrogen) atoms. The number of hydrogen-bond acceptors (Lipinski definition) is 1. The Morgan fingerprint density at radius 2 is 0.788 bits per heavy atom. The van der Waals surface area contributed by atoms with Crippen molar-refractivity contribution in [1.82, 2.24) is 0 Å². The lowest BCUT2D eigenvalue weighted by Gasteiger charge is -2.14. The molecule has 0 heterocycles. The standard InChI is InChI=1S/C32H58O/c1-4-7-10-13-14-19-24-29-32(33)30-25-20-15-18-23-28-31(26-21-16-11-8-5-2)27-22-17-12-9-6-3/h10-13,15-18,31-33H,4-9,14,19-30H2,1-3H3. The SMILES string of the molecule is CCCC=CCCCCC(O)CCCC=CCCC(CCC=CCCC)CCC=CCCC. The van der Waals surface area contributed by atoms with E-state index < -0.39 is 0 Å². The highest BCUT2D eigenvalue weighted by molar-refractivity contribution is 4.87. The second kappa shape index (κ2) is 27.2. The molecule has 0 radical (unpaired) electrons. The highest BCUT2D eigenvalue weighted by Crippen LogP contribution is 2.21. The first kappa shape index (κ1) is 31.9. The van der Waals surface area contributed by atoms with Crippen LogP contribution in [0.5, 0.6) is 0 Å². The molecule has 0 saturated carbocycles. The van der Waals surface area contributed by atoms with Crippen LogP contribution >= 0.6 is 0 Å². The largest absolute Gasteiger partial charge is 0.393 e. The van der Waals surface area contributed by atoms with Crippen molar-refractivity contribution < 1.29 is 5.11 Å². The Kier molecular flexibility index (Phi) is 26.3. The molecule has 0 saturated heterocycles. The van der Waals surface area contributed by atoms with E-state index in [1.54, 1.807) is 0 Å². The predicted molar refractivity (Wildman–Crippen MR) is 151 cm³/mol. The second-order valence-corrected chi connectivity index (χ2v) is 9.72. The van der Waals surface area contributed by atoms with Gasteiger partial charge in [-0.3, -0.25) is 0 Å². The number of rotatable bonds is 24. The molecule has 0 aliphatic rings. The van der Waals surface area contributed by atoms with Crippen LogP contribution in [0.3, 0.4) is 0 Å². The number of hydrogen-bond donors (Lipinski definition) is 1. The highest BCUT2D eigenvalue weighted by Gasteiger charge is 2.06. The maximum absolute atomic E-state index is 10.2. The van der Waals surface area contributed by atoms with Gasteiger partial charge in [0.2, 0.25) is 0 Å². The van der Waals surface area contributed by atoms with Gasteiger partial charge in [0.15, 0.2) is 0 Å². The van der Waals surface area contributed by atoms with Crippen molar-refractivity contribution >= 4 is 0 Å². The molecule has 1 nitrogen and oxygen atoms in total. The van der Waals surface area contributed by atoms with Crippen LogP contribution in [0.4, 0.5) is 0 Å². The number of allylic oxidation sites excluding steroid dienone is 8. The van der Waals surface area contributed by atoms with Crippen molar-refractivity contribution in [1.29, 1.82) is 0 Å². The topological polar surface area (TPSA) is 20.2 Å². The predicted octanol–water partition coefficient (Wildman–Crippen LogP) is 10.7. The van der Waals surface area contributed by atoms with Crippen LogP contribution in [0.1, 0.15) is 143 Å². The van der Waals surface area contributed by atoms with E-state index in [1.807, 2.05) is 0 Å². The summed E-state index contributed by atoms with van der Waals surface area (Å²) in [7, 11) is 0. The molecule has 0 aromatic rings. The molecule has 1 atom stereocenters. The van der Waals surface area contributed by atoms with Crippen LogP contribution in [-0.4, -0.2) is 11.2 Å². The van der Waals surface area contributed by atoms with Crippen LogP contribution in [0.15, 0.2) is 48.6 Å². The van der Waals surface area contributed by atoms with E-state index in [2.05, 4.69) is 69.4 Å². The summed E-state index contributed by atoms with van der Waals surface area (Å²) in [5, 5.41) is 10.2. The van der Waals surface area contributed by atoms with Gasteiger partial charge in [0, 0.05) is 0 Å². The van der Waals surface area contributed by atoms with Crippen molar-refractivity contribution in [2.45, 2.75) is 149 Å². The molecule has 192 valence electrons. The van der Waals surface area contributed by atoms with E-state index >= 15 is 0 Å². The maximum atomic E-state index is 10.2. The number of aliphatic hydroxyl groups is 1. The lowest BCUT2D eigenvalue weighted by Crippen LogP contribution is -2.05. The Labute approximate surface area is 208 Å². The van der Waals surface area contributed by atoms with Crippen molar-refractivity contribution in [3.05, 3.63) is 48.6 Å². The average Bonchev–Trinajstić information content (AvgIpc) is 2.82. The molecule has 1 heteroatoms. The Hall–Kier alpha value is -1.08. The van der Waals surface area contributed by atoms with Crippen LogP contribution < -0.4 is 0 Å². The Bertz CT molecular complexity index is 465. The zero-order chi connectivity index (χ0) is 24.2. The highest BCUT2D eigenvalue weighted by atomic mass is 16.3. The number of unbranched alkanes of at least 4 members (excludes halogenated alkanes) is 6. The third kappa shape index (κ3) is 25.4. The smallest absolute Gasteiger partial charge is 0.0540 e. The third-order valence-corrected chi connectivity index (χ3v) is 6.32. The van der Waals surface area contributed by atoms with Gasteiger partial charge in [-0.2, -0.15) is 0 Å². The van der Waals surface area contributed by atoms with Crippen LogP contribution in [0.2, 0.25) is 0 Å². The van der Waals surface area contributed by atoms with Crippen LogP contribution in [0, 0.1) is 5.92 Å². The van der Waals surface area contributed by atoms with Crippen molar-refractivity contribution in [2.24, 2.45) is 5.92 Å². The van der Waals surface area contributed by atoms with Crippen LogP contribution in [-0.2, 0) is 0 Å².